The molecule has 1 heterocycles. The minimum atomic E-state index is -0.808. The van der Waals surface area contributed by atoms with Crippen molar-refractivity contribution in [2.24, 2.45) is 5.16 Å². The standard InChI is InChI=1S/C7H7ClN4O2S/c1-2-3-14-11-4(5(8)13)6-10-7(9)15-12-6/h2H,1,3H2,(H2,9,10,12). The highest BCUT2D eigenvalue weighted by Gasteiger charge is 2.17. The summed E-state index contributed by atoms with van der Waals surface area (Å²) in [6.07, 6.45) is 1.47. The number of rotatable bonds is 5. The lowest BCUT2D eigenvalue weighted by Crippen LogP contribution is -2.12. The highest BCUT2D eigenvalue weighted by atomic mass is 35.5. The molecule has 0 saturated carbocycles. The van der Waals surface area contributed by atoms with Crippen LogP contribution in [0.25, 0.3) is 0 Å². The van der Waals surface area contributed by atoms with E-state index in [1.54, 1.807) is 0 Å². The summed E-state index contributed by atoms with van der Waals surface area (Å²) in [6.45, 7) is 3.58. The third-order valence-electron chi connectivity index (χ3n) is 1.19. The molecule has 0 unspecified atom stereocenters. The van der Waals surface area contributed by atoms with E-state index in [2.05, 4.69) is 21.1 Å². The van der Waals surface area contributed by atoms with Crippen LogP contribution in [0.2, 0.25) is 0 Å². The molecule has 0 aliphatic rings. The fraction of sp³-hybridized carbons (Fsp3) is 0.143. The Balaban J connectivity index is 2.87. The molecule has 0 aliphatic carbocycles. The summed E-state index contributed by atoms with van der Waals surface area (Å²) in [5.41, 5.74) is 5.18. The van der Waals surface area contributed by atoms with Gasteiger partial charge in [0.05, 0.1) is 0 Å². The van der Waals surface area contributed by atoms with E-state index in [0.29, 0.717) is 0 Å². The summed E-state index contributed by atoms with van der Waals surface area (Å²) in [5.74, 6) is 0.0570. The lowest BCUT2D eigenvalue weighted by atomic mass is 10.4. The van der Waals surface area contributed by atoms with Crippen molar-refractivity contribution < 1.29 is 9.63 Å². The zero-order valence-electron chi connectivity index (χ0n) is 7.51. The number of nitrogen functional groups attached to an aromatic ring is 1. The molecule has 1 rings (SSSR count). The Morgan fingerprint density at radius 3 is 3.00 bits per heavy atom. The fourth-order valence-corrected chi connectivity index (χ4v) is 1.20. The number of anilines is 1. The number of nitrogens with two attached hydrogens (primary N) is 1. The summed E-state index contributed by atoms with van der Waals surface area (Å²) in [4.78, 5) is 19.4. The Labute approximate surface area is 94.6 Å². The van der Waals surface area contributed by atoms with Gasteiger partial charge >= 0.3 is 0 Å². The molecule has 0 aliphatic heterocycles. The number of hydrogen-bond donors (Lipinski definition) is 1. The number of oxime groups is 1. The van der Waals surface area contributed by atoms with Gasteiger partial charge in [-0.25, -0.2) is 0 Å². The molecule has 0 bridgehead atoms. The molecule has 0 spiro atoms. The van der Waals surface area contributed by atoms with E-state index in [0.717, 1.165) is 11.5 Å². The van der Waals surface area contributed by atoms with Crippen LogP contribution in [0, 0.1) is 0 Å². The van der Waals surface area contributed by atoms with Crippen molar-refractivity contribution in [2.75, 3.05) is 12.3 Å². The minimum absolute atomic E-state index is 0.0570. The van der Waals surface area contributed by atoms with Crippen molar-refractivity contribution in [1.29, 1.82) is 0 Å². The fourth-order valence-electron chi connectivity index (χ4n) is 0.651. The predicted molar refractivity (Wildman–Crippen MR) is 57.9 cm³/mol. The molecule has 0 saturated heterocycles. The molecule has 6 nitrogen and oxygen atoms in total. The molecule has 1 aromatic heterocycles. The van der Waals surface area contributed by atoms with Crippen molar-refractivity contribution in [3.8, 4) is 0 Å². The maximum absolute atomic E-state index is 11.0. The van der Waals surface area contributed by atoms with Crippen LogP contribution in [0.3, 0.4) is 0 Å². The largest absolute Gasteiger partial charge is 0.391 e. The van der Waals surface area contributed by atoms with E-state index < -0.39 is 5.24 Å². The van der Waals surface area contributed by atoms with Crippen molar-refractivity contribution >= 4 is 39.2 Å². The minimum Gasteiger partial charge on any atom is -0.391 e. The first kappa shape index (κ1) is 11.6. The van der Waals surface area contributed by atoms with Gasteiger partial charge in [-0.15, -0.1) is 0 Å². The molecule has 0 fully saturated rings. The maximum atomic E-state index is 11.0. The Kier molecular flexibility index (Phi) is 4.19. The summed E-state index contributed by atoms with van der Waals surface area (Å²) >= 11 is 6.21. The summed E-state index contributed by atoms with van der Waals surface area (Å²) in [6, 6.07) is 0. The normalized spacial score (nSPS) is 11.1. The van der Waals surface area contributed by atoms with Gasteiger partial charge in [0.2, 0.25) is 11.5 Å². The lowest BCUT2D eigenvalue weighted by Gasteiger charge is -1.95. The van der Waals surface area contributed by atoms with Gasteiger partial charge in [0.15, 0.2) is 5.13 Å². The van der Waals surface area contributed by atoms with E-state index in [-0.39, 0.29) is 23.3 Å². The van der Waals surface area contributed by atoms with Gasteiger partial charge in [0.25, 0.3) is 5.24 Å². The molecule has 8 heteroatoms. The van der Waals surface area contributed by atoms with Gasteiger partial charge in [0.1, 0.15) is 6.61 Å². The van der Waals surface area contributed by atoms with Gasteiger partial charge in [-0.3, -0.25) is 4.79 Å². The van der Waals surface area contributed by atoms with Gasteiger partial charge in [-0.05, 0) is 11.6 Å². The van der Waals surface area contributed by atoms with Crippen LogP contribution >= 0.6 is 23.1 Å². The summed E-state index contributed by atoms with van der Waals surface area (Å²) in [5, 5.41) is 2.90. The van der Waals surface area contributed by atoms with Crippen LogP contribution in [0.5, 0.6) is 0 Å². The van der Waals surface area contributed by atoms with Crippen LogP contribution in [0.4, 0.5) is 5.13 Å². The second-order valence-corrected chi connectivity index (χ2v) is 3.38. The van der Waals surface area contributed by atoms with Crippen molar-refractivity contribution in [3.05, 3.63) is 18.5 Å². The first-order valence-electron chi connectivity index (χ1n) is 3.75. The molecule has 2 N–H and O–H groups in total. The zero-order valence-corrected chi connectivity index (χ0v) is 9.09. The van der Waals surface area contributed by atoms with Crippen LogP contribution in [0.1, 0.15) is 5.82 Å². The molecule has 80 valence electrons. The Morgan fingerprint density at radius 1 is 1.80 bits per heavy atom. The molecule has 0 aromatic carbocycles. The molecule has 0 amide bonds. The number of halogens is 1. The Hall–Kier alpha value is -1.47. The first-order chi connectivity index (χ1) is 7.15. The smallest absolute Gasteiger partial charge is 0.278 e. The quantitative estimate of drug-likeness (QED) is 0.273. The van der Waals surface area contributed by atoms with E-state index in [1.807, 2.05) is 0 Å². The zero-order chi connectivity index (χ0) is 11.3. The number of carbonyl (C=O) groups is 1. The maximum Gasteiger partial charge on any atom is 0.278 e. The SMILES string of the molecule is C=CCON=C(C(=O)Cl)c1nsc(N)n1. The number of aromatic nitrogens is 2. The third kappa shape index (κ3) is 3.30. The second-order valence-electron chi connectivity index (χ2n) is 2.25. The molecular formula is C7H7ClN4O2S. The number of nitrogens with zero attached hydrogens (tertiary/aromatic N) is 3. The predicted octanol–water partition coefficient (Wildman–Crippen LogP) is 0.792. The van der Waals surface area contributed by atoms with E-state index in [4.69, 9.17) is 22.2 Å². The van der Waals surface area contributed by atoms with Crippen LogP contribution in [-0.2, 0) is 9.63 Å². The van der Waals surface area contributed by atoms with Crippen LogP contribution in [-0.4, -0.2) is 26.9 Å². The van der Waals surface area contributed by atoms with Gasteiger partial charge < -0.3 is 10.6 Å². The lowest BCUT2D eigenvalue weighted by molar-refractivity contribution is -0.106. The highest BCUT2D eigenvalue weighted by Crippen LogP contribution is 2.08. The molecule has 0 radical (unpaired) electrons. The molecule has 1 aromatic rings. The van der Waals surface area contributed by atoms with E-state index in [1.165, 1.54) is 6.08 Å². The van der Waals surface area contributed by atoms with E-state index in [9.17, 15) is 4.79 Å². The van der Waals surface area contributed by atoms with Crippen LogP contribution < -0.4 is 5.73 Å². The average molecular weight is 247 g/mol. The number of carbonyl (C=O) groups excluding carboxylic acids is 1. The highest BCUT2D eigenvalue weighted by molar-refractivity contribution is 7.09. The molecular weight excluding hydrogens is 240 g/mol. The first-order valence-corrected chi connectivity index (χ1v) is 4.90. The monoisotopic (exact) mass is 246 g/mol. The molecule has 0 atom stereocenters. The van der Waals surface area contributed by atoms with E-state index >= 15 is 0 Å². The topological polar surface area (TPSA) is 90.5 Å². The van der Waals surface area contributed by atoms with Crippen LogP contribution in [0.15, 0.2) is 17.8 Å². The summed E-state index contributed by atoms with van der Waals surface area (Å²) < 4.78 is 3.78. The van der Waals surface area contributed by atoms with Gasteiger partial charge in [-0.2, -0.15) is 9.36 Å². The second kappa shape index (κ2) is 5.42. The number of hydrogen-bond acceptors (Lipinski definition) is 7. The van der Waals surface area contributed by atoms with Crippen molar-refractivity contribution in [2.45, 2.75) is 0 Å². The van der Waals surface area contributed by atoms with Crippen molar-refractivity contribution in [1.82, 2.24) is 9.36 Å². The Bertz CT molecular complexity index is 403. The molecule has 15 heavy (non-hydrogen) atoms. The van der Waals surface area contributed by atoms with Gasteiger partial charge in [-0.1, -0.05) is 17.8 Å². The Morgan fingerprint density at radius 2 is 2.53 bits per heavy atom. The van der Waals surface area contributed by atoms with Gasteiger partial charge in [0, 0.05) is 11.5 Å². The summed E-state index contributed by atoms with van der Waals surface area (Å²) in [7, 11) is 0. The average Bonchev–Trinajstić information content (AvgIpc) is 2.59. The third-order valence-corrected chi connectivity index (χ3v) is 1.91. The van der Waals surface area contributed by atoms with Crippen molar-refractivity contribution in [3.63, 3.8) is 0 Å².